The summed E-state index contributed by atoms with van der Waals surface area (Å²) in [6.45, 7) is 3.99. The SMILES string of the molecule is CCCOc1ccc(C=O)c(O[C@@H](C)C(=O)Nc2ccc([N+](=O)[O-])cc2OC)c1. The molecule has 0 radical (unpaired) electrons. The molecule has 0 saturated carbocycles. The van der Waals surface area contributed by atoms with Crippen LogP contribution < -0.4 is 19.5 Å². The van der Waals surface area contributed by atoms with Crippen molar-refractivity contribution in [3.05, 3.63) is 52.1 Å². The maximum absolute atomic E-state index is 12.5. The highest BCUT2D eigenvalue weighted by Crippen LogP contribution is 2.30. The standard InChI is InChI=1S/C20H22N2O7/c1-4-9-28-16-7-5-14(12-23)18(11-16)29-13(2)20(24)21-17-8-6-15(22(25)26)10-19(17)27-3/h5-8,10-13H,4,9H2,1-3H3,(H,21,24)/t13-/m0/s1. The largest absolute Gasteiger partial charge is 0.494 e. The summed E-state index contributed by atoms with van der Waals surface area (Å²) in [5, 5.41) is 13.5. The molecule has 0 spiro atoms. The highest BCUT2D eigenvalue weighted by Gasteiger charge is 2.20. The van der Waals surface area contributed by atoms with Crippen molar-refractivity contribution in [1.29, 1.82) is 0 Å². The Morgan fingerprint density at radius 1 is 1.24 bits per heavy atom. The molecule has 2 aromatic rings. The number of amides is 1. The smallest absolute Gasteiger partial charge is 0.273 e. The van der Waals surface area contributed by atoms with Crippen LogP contribution in [0.5, 0.6) is 17.2 Å². The monoisotopic (exact) mass is 402 g/mol. The first-order valence-electron chi connectivity index (χ1n) is 8.91. The summed E-state index contributed by atoms with van der Waals surface area (Å²) in [4.78, 5) is 34.1. The summed E-state index contributed by atoms with van der Waals surface area (Å²) in [5.41, 5.74) is 0.374. The number of carbonyl (C=O) groups excluding carboxylic acids is 2. The zero-order valence-corrected chi connectivity index (χ0v) is 16.3. The van der Waals surface area contributed by atoms with Crippen LogP contribution in [0.1, 0.15) is 30.6 Å². The summed E-state index contributed by atoms with van der Waals surface area (Å²) in [5.74, 6) is 0.362. The van der Waals surface area contributed by atoms with E-state index in [4.69, 9.17) is 14.2 Å². The minimum atomic E-state index is -0.963. The molecule has 0 saturated heterocycles. The predicted molar refractivity (Wildman–Crippen MR) is 106 cm³/mol. The van der Waals surface area contributed by atoms with E-state index in [1.54, 1.807) is 18.2 Å². The Bertz CT molecular complexity index is 898. The van der Waals surface area contributed by atoms with Crippen molar-refractivity contribution in [2.45, 2.75) is 26.4 Å². The lowest BCUT2D eigenvalue weighted by atomic mass is 10.2. The zero-order valence-electron chi connectivity index (χ0n) is 16.3. The van der Waals surface area contributed by atoms with Gasteiger partial charge in [-0.2, -0.15) is 0 Å². The second-order valence-corrected chi connectivity index (χ2v) is 6.06. The molecule has 1 amide bonds. The van der Waals surface area contributed by atoms with Crippen LogP contribution in [0.4, 0.5) is 11.4 Å². The van der Waals surface area contributed by atoms with E-state index >= 15 is 0 Å². The van der Waals surface area contributed by atoms with Gasteiger partial charge in [0.2, 0.25) is 0 Å². The van der Waals surface area contributed by atoms with E-state index in [0.29, 0.717) is 18.6 Å². The number of nitrogens with one attached hydrogen (secondary N) is 1. The number of non-ortho nitro benzene ring substituents is 1. The van der Waals surface area contributed by atoms with E-state index in [9.17, 15) is 19.7 Å². The van der Waals surface area contributed by atoms with Gasteiger partial charge in [-0.25, -0.2) is 0 Å². The molecule has 0 aliphatic rings. The third-order valence-electron chi connectivity index (χ3n) is 3.91. The average molecular weight is 402 g/mol. The molecule has 9 nitrogen and oxygen atoms in total. The summed E-state index contributed by atoms with van der Waals surface area (Å²) in [6.07, 6.45) is 0.486. The third kappa shape index (κ3) is 5.68. The first-order valence-corrected chi connectivity index (χ1v) is 8.91. The van der Waals surface area contributed by atoms with Gasteiger partial charge in [-0.05, 0) is 31.5 Å². The molecule has 9 heteroatoms. The van der Waals surface area contributed by atoms with Crippen LogP contribution in [0.3, 0.4) is 0 Å². The molecule has 0 fully saturated rings. The molecular weight excluding hydrogens is 380 g/mol. The number of hydrogen-bond acceptors (Lipinski definition) is 7. The Kier molecular flexibility index (Phi) is 7.53. The van der Waals surface area contributed by atoms with Crippen molar-refractivity contribution >= 4 is 23.6 Å². The first kappa shape index (κ1) is 21.7. The number of rotatable bonds is 10. The van der Waals surface area contributed by atoms with Gasteiger partial charge in [0.25, 0.3) is 11.6 Å². The van der Waals surface area contributed by atoms with E-state index in [1.165, 1.54) is 32.2 Å². The lowest BCUT2D eigenvalue weighted by Crippen LogP contribution is -2.30. The van der Waals surface area contributed by atoms with Crippen molar-refractivity contribution < 1.29 is 28.7 Å². The summed E-state index contributed by atoms with van der Waals surface area (Å²) >= 11 is 0. The molecule has 29 heavy (non-hydrogen) atoms. The normalized spacial score (nSPS) is 11.3. The first-order chi connectivity index (χ1) is 13.9. The Morgan fingerprint density at radius 3 is 2.62 bits per heavy atom. The van der Waals surface area contributed by atoms with Crippen LogP contribution in [-0.2, 0) is 4.79 Å². The Morgan fingerprint density at radius 2 is 2.00 bits per heavy atom. The van der Waals surface area contributed by atoms with Gasteiger partial charge in [0.1, 0.15) is 17.2 Å². The van der Waals surface area contributed by atoms with Gasteiger partial charge in [0.15, 0.2) is 12.4 Å². The van der Waals surface area contributed by atoms with Crippen molar-refractivity contribution in [3.63, 3.8) is 0 Å². The fourth-order valence-electron chi connectivity index (χ4n) is 2.40. The maximum Gasteiger partial charge on any atom is 0.273 e. The summed E-state index contributed by atoms with van der Waals surface area (Å²) < 4.78 is 16.3. The molecule has 154 valence electrons. The number of anilines is 1. The number of aldehydes is 1. The highest BCUT2D eigenvalue weighted by atomic mass is 16.6. The lowest BCUT2D eigenvalue weighted by molar-refractivity contribution is -0.384. The minimum Gasteiger partial charge on any atom is -0.494 e. The van der Waals surface area contributed by atoms with Crippen molar-refractivity contribution in [2.75, 3.05) is 19.0 Å². The van der Waals surface area contributed by atoms with Gasteiger partial charge < -0.3 is 19.5 Å². The minimum absolute atomic E-state index is 0.142. The lowest BCUT2D eigenvalue weighted by Gasteiger charge is -2.17. The number of benzene rings is 2. The van der Waals surface area contributed by atoms with Gasteiger partial charge >= 0.3 is 0 Å². The number of nitrogens with zero attached hydrogens (tertiary/aromatic N) is 1. The molecule has 0 aliphatic heterocycles. The molecule has 1 atom stereocenters. The quantitative estimate of drug-likeness (QED) is 0.366. The van der Waals surface area contributed by atoms with Gasteiger partial charge in [0.05, 0.1) is 36.0 Å². The molecular formula is C20H22N2O7. The van der Waals surface area contributed by atoms with Crippen LogP contribution in [0.15, 0.2) is 36.4 Å². The number of methoxy groups -OCH3 is 1. The zero-order chi connectivity index (χ0) is 21.4. The van der Waals surface area contributed by atoms with Gasteiger partial charge in [-0.15, -0.1) is 0 Å². The summed E-state index contributed by atoms with van der Waals surface area (Å²) in [6, 6.07) is 8.59. The van der Waals surface area contributed by atoms with Crippen LogP contribution >= 0.6 is 0 Å². The van der Waals surface area contributed by atoms with E-state index < -0.39 is 16.9 Å². The van der Waals surface area contributed by atoms with Crippen molar-refractivity contribution in [3.8, 4) is 17.2 Å². The van der Waals surface area contributed by atoms with Gasteiger partial charge in [-0.3, -0.25) is 19.7 Å². The third-order valence-corrected chi connectivity index (χ3v) is 3.91. The molecule has 1 N–H and O–H groups in total. The average Bonchev–Trinajstić information content (AvgIpc) is 2.72. The van der Waals surface area contributed by atoms with E-state index in [-0.39, 0.29) is 28.4 Å². The second-order valence-electron chi connectivity index (χ2n) is 6.06. The van der Waals surface area contributed by atoms with Crippen LogP contribution in [0.25, 0.3) is 0 Å². The number of nitro benzene ring substituents is 1. The molecule has 2 aromatic carbocycles. The van der Waals surface area contributed by atoms with Gasteiger partial charge in [0, 0.05) is 12.1 Å². The highest BCUT2D eigenvalue weighted by molar-refractivity contribution is 5.95. The Labute approximate surface area is 167 Å². The molecule has 0 aliphatic carbocycles. The van der Waals surface area contributed by atoms with Crippen LogP contribution in [-0.4, -0.2) is 36.9 Å². The molecule has 2 rings (SSSR count). The molecule has 0 unspecified atom stereocenters. The molecule has 0 heterocycles. The fourth-order valence-corrected chi connectivity index (χ4v) is 2.40. The Hall–Kier alpha value is -3.62. The number of nitro groups is 1. The fraction of sp³-hybridized carbons (Fsp3) is 0.300. The van der Waals surface area contributed by atoms with E-state index in [2.05, 4.69) is 5.32 Å². The van der Waals surface area contributed by atoms with Gasteiger partial charge in [-0.1, -0.05) is 6.92 Å². The molecule has 0 aromatic heterocycles. The Balaban J connectivity index is 2.15. The number of hydrogen-bond donors (Lipinski definition) is 1. The van der Waals surface area contributed by atoms with Crippen LogP contribution in [0.2, 0.25) is 0 Å². The van der Waals surface area contributed by atoms with Crippen LogP contribution in [0, 0.1) is 10.1 Å². The second kappa shape index (κ2) is 10.1. The number of carbonyl (C=O) groups is 2. The number of ether oxygens (including phenoxy) is 3. The van der Waals surface area contributed by atoms with Crippen molar-refractivity contribution in [2.24, 2.45) is 0 Å². The maximum atomic E-state index is 12.5. The van der Waals surface area contributed by atoms with Crippen molar-refractivity contribution in [1.82, 2.24) is 0 Å². The predicted octanol–water partition coefficient (Wildman–Crippen LogP) is 3.61. The van der Waals surface area contributed by atoms with E-state index in [1.807, 2.05) is 6.92 Å². The molecule has 0 bridgehead atoms. The van der Waals surface area contributed by atoms with E-state index in [0.717, 1.165) is 6.42 Å². The topological polar surface area (TPSA) is 117 Å². The summed E-state index contributed by atoms with van der Waals surface area (Å²) in [7, 11) is 1.34.